The van der Waals surface area contributed by atoms with Gasteiger partial charge in [-0.2, -0.15) is 0 Å². The second kappa shape index (κ2) is 7.04. The summed E-state index contributed by atoms with van der Waals surface area (Å²) in [5, 5.41) is 0. The monoisotopic (exact) mass is 277 g/mol. The molecule has 1 aliphatic carbocycles. The summed E-state index contributed by atoms with van der Waals surface area (Å²) in [6.45, 7) is 5.96. The molecule has 2 N–H and O–H groups in total. The third kappa shape index (κ3) is 3.93. The molecule has 1 aromatic heterocycles. The van der Waals surface area contributed by atoms with E-state index in [0.29, 0.717) is 6.04 Å². The van der Waals surface area contributed by atoms with Gasteiger partial charge in [0.25, 0.3) is 0 Å². The average Bonchev–Trinajstić information content (AvgIpc) is 3.24. The van der Waals surface area contributed by atoms with E-state index in [4.69, 9.17) is 10.5 Å². The number of rotatable bonds is 8. The fourth-order valence-electron chi connectivity index (χ4n) is 2.72. The molecule has 0 spiro atoms. The van der Waals surface area contributed by atoms with Crippen LogP contribution >= 0.6 is 0 Å². The summed E-state index contributed by atoms with van der Waals surface area (Å²) in [6, 6.07) is 4.81. The van der Waals surface area contributed by atoms with Crippen molar-refractivity contribution in [3.63, 3.8) is 0 Å². The van der Waals surface area contributed by atoms with Crippen LogP contribution in [-0.2, 0) is 11.2 Å². The molecular formula is C16H27N3O. The first-order valence-electron chi connectivity index (χ1n) is 7.58. The Morgan fingerprint density at radius 2 is 2.20 bits per heavy atom. The Balaban J connectivity index is 2.22. The third-order valence-corrected chi connectivity index (χ3v) is 4.01. The molecule has 0 aromatic carbocycles. The van der Waals surface area contributed by atoms with Crippen molar-refractivity contribution in [3.05, 3.63) is 23.9 Å². The zero-order chi connectivity index (χ0) is 14.5. The van der Waals surface area contributed by atoms with E-state index < -0.39 is 0 Å². The zero-order valence-electron chi connectivity index (χ0n) is 12.9. The smallest absolute Gasteiger partial charge is 0.132 e. The lowest BCUT2D eigenvalue weighted by Crippen LogP contribution is -2.39. The van der Waals surface area contributed by atoms with Gasteiger partial charge in [0.05, 0.1) is 6.61 Å². The maximum absolute atomic E-state index is 5.97. The van der Waals surface area contributed by atoms with E-state index in [1.807, 2.05) is 19.2 Å². The van der Waals surface area contributed by atoms with Crippen molar-refractivity contribution in [2.24, 2.45) is 11.7 Å². The van der Waals surface area contributed by atoms with E-state index in [0.717, 1.165) is 31.3 Å². The molecule has 1 heterocycles. The Kier molecular flexibility index (Phi) is 5.38. The zero-order valence-corrected chi connectivity index (χ0v) is 12.9. The lowest BCUT2D eigenvalue weighted by molar-refractivity contribution is 0.202. The summed E-state index contributed by atoms with van der Waals surface area (Å²) in [6.07, 6.45) is 5.41. The van der Waals surface area contributed by atoms with Gasteiger partial charge in [0.15, 0.2) is 0 Å². The van der Waals surface area contributed by atoms with Gasteiger partial charge < -0.3 is 15.4 Å². The number of nitrogens with two attached hydrogens (primary N) is 1. The molecule has 1 aliphatic rings. The van der Waals surface area contributed by atoms with Gasteiger partial charge in [-0.25, -0.2) is 4.98 Å². The van der Waals surface area contributed by atoms with Gasteiger partial charge in [-0.05, 0) is 50.7 Å². The first kappa shape index (κ1) is 15.3. The number of pyridine rings is 1. The molecule has 2 rings (SSSR count). The number of hydrogen-bond acceptors (Lipinski definition) is 4. The fraction of sp³-hybridized carbons (Fsp3) is 0.688. The van der Waals surface area contributed by atoms with Crippen molar-refractivity contribution in [1.29, 1.82) is 0 Å². The van der Waals surface area contributed by atoms with Gasteiger partial charge in [-0.3, -0.25) is 0 Å². The summed E-state index contributed by atoms with van der Waals surface area (Å²) in [4.78, 5) is 7.03. The lowest BCUT2D eigenvalue weighted by Gasteiger charge is -2.32. The number of nitrogens with zero attached hydrogens (tertiary/aromatic N) is 2. The molecule has 2 atom stereocenters. The molecule has 0 saturated heterocycles. The highest BCUT2D eigenvalue weighted by Gasteiger charge is 2.33. The van der Waals surface area contributed by atoms with Crippen molar-refractivity contribution >= 4 is 5.82 Å². The molecule has 4 heteroatoms. The molecule has 2 unspecified atom stereocenters. The Hall–Kier alpha value is -1.13. The second-order valence-electron chi connectivity index (χ2n) is 5.93. The van der Waals surface area contributed by atoms with E-state index in [-0.39, 0.29) is 6.04 Å². The van der Waals surface area contributed by atoms with Crippen LogP contribution in [0.2, 0.25) is 0 Å². The second-order valence-corrected chi connectivity index (χ2v) is 5.93. The molecule has 112 valence electrons. The molecule has 0 aliphatic heterocycles. The highest BCUT2D eigenvalue weighted by atomic mass is 16.5. The predicted molar refractivity (Wildman–Crippen MR) is 83.0 cm³/mol. The number of ether oxygens (including phenoxy) is 1. The van der Waals surface area contributed by atoms with Crippen LogP contribution in [0.25, 0.3) is 0 Å². The number of aromatic nitrogens is 1. The van der Waals surface area contributed by atoms with Crippen molar-refractivity contribution in [2.45, 2.75) is 45.2 Å². The molecule has 0 radical (unpaired) electrons. The average molecular weight is 277 g/mol. The van der Waals surface area contributed by atoms with Crippen molar-refractivity contribution in [3.8, 4) is 0 Å². The van der Waals surface area contributed by atoms with E-state index in [9.17, 15) is 0 Å². The lowest BCUT2D eigenvalue weighted by atomic mass is 10.1. The van der Waals surface area contributed by atoms with E-state index in [1.54, 1.807) is 7.11 Å². The standard InChI is InChI=1S/C16H27N3O/c1-12(17)11-15-5-4-8-18-16(15)19(9-10-20-3)13(2)14-6-7-14/h4-5,8,12-14H,6-7,9-11,17H2,1-3H3. The topological polar surface area (TPSA) is 51.4 Å². The van der Waals surface area contributed by atoms with Crippen LogP contribution in [0.15, 0.2) is 18.3 Å². The Morgan fingerprint density at radius 1 is 1.45 bits per heavy atom. The van der Waals surface area contributed by atoms with E-state index in [2.05, 4.69) is 22.9 Å². The van der Waals surface area contributed by atoms with Crippen molar-refractivity contribution < 1.29 is 4.74 Å². The van der Waals surface area contributed by atoms with Crippen LogP contribution < -0.4 is 10.6 Å². The van der Waals surface area contributed by atoms with Crippen LogP contribution in [0, 0.1) is 5.92 Å². The maximum Gasteiger partial charge on any atom is 0.132 e. The van der Waals surface area contributed by atoms with Gasteiger partial charge in [0.1, 0.15) is 5.82 Å². The predicted octanol–water partition coefficient (Wildman–Crippen LogP) is 2.22. The van der Waals surface area contributed by atoms with Crippen LogP contribution in [0.3, 0.4) is 0 Å². The van der Waals surface area contributed by atoms with E-state index >= 15 is 0 Å². The number of hydrogen-bond donors (Lipinski definition) is 1. The summed E-state index contributed by atoms with van der Waals surface area (Å²) in [5.41, 5.74) is 7.21. The molecule has 0 amide bonds. The molecule has 1 saturated carbocycles. The largest absolute Gasteiger partial charge is 0.383 e. The Bertz CT molecular complexity index is 418. The summed E-state index contributed by atoms with van der Waals surface area (Å²) < 4.78 is 5.27. The van der Waals surface area contributed by atoms with Gasteiger partial charge in [-0.15, -0.1) is 0 Å². The number of anilines is 1. The first-order chi connectivity index (χ1) is 9.63. The Morgan fingerprint density at radius 3 is 2.80 bits per heavy atom. The molecular weight excluding hydrogens is 250 g/mol. The first-order valence-corrected chi connectivity index (χ1v) is 7.58. The number of methoxy groups -OCH3 is 1. The minimum Gasteiger partial charge on any atom is -0.383 e. The molecule has 1 aromatic rings. The Labute approximate surface area is 122 Å². The van der Waals surface area contributed by atoms with Gasteiger partial charge in [-0.1, -0.05) is 6.07 Å². The molecule has 1 fully saturated rings. The maximum atomic E-state index is 5.97. The van der Waals surface area contributed by atoms with Crippen LogP contribution in [0.4, 0.5) is 5.82 Å². The van der Waals surface area contributed by atoms with Crippen LogP contribution in [-0.4, -0.2) is 37.3 Å². The molecule has 4 nitrogen and oxygen atoms in total. The van der Waals surface area contributed by atoms with Gasteiger partial charge in [0.2, 0.25) is 0 Å². The summed E-state index contributed by atoms with van der Waals surface area (Å²) in [7, 11) is 1.75. The van der Waals surface area contributed by atoms with Crippen LogP contribution in [0.1, 0.15) is 32.3 Å². The van der Waals surface area contributed by atoms with Gasteiger partial charge >= 0.3 is 0 Å². The highest BCUT2D eigenvalue weighted by Crippen LogP contribution is 2.37. The normalized spacial score (nSPS) is 17.8. The van der Waals surface area contributed by atoms with Gasteiger partial charge in [0, 0.05) is 31.9 Å². The van der Waals surface area contributed by atoms with E-state index in [1.165, 1.54) is 18.4 Å². The quantitative estimate of drug-likeness (QED) is 0.791. The summed E-state index contributed by atoms with van der Waals surface area (Å²) >= 11 is 0. The SMILES string of the molecule is COCCN(c1ncccc1CC(C)N)C(C)C1CC1. The summed E-state index contributed by atoms with van der Waals surface area (Å²) in [5.74, 6) is 1.89. The van der Waals surface area contributed by atoms with Crippen LogP contribution in [0.5, 0.6) is 0 Å². The molecule has 0 bridgehead atoms. The van der Waals surface area contributed by atoms with Crippen molar-refractivity contribution in [1.82, 2.24) is 4.98 Å². The fourth-order valence-corrected chi connectivity index (χ4v) is 2.72. The third-order valence-electron chi connectivity index (χ3n) is 4.01. The minimum atomic E-state index is 0.151. The highest BCUT2D eigenvalue weighted by molar-refractivity contribution is 5.48. The molecule has 20 heavy (non-hydrogen) atoms. The van der Waals surface area contributed by atoms with Crippen molar-refractivity contribution in [2.75, 3.05) is 25.2 Å². The minimum absolute atomic E-state index is 0.151.